The van der Waals surface area contributed by atoms with Crippen LogP contribution in [0.1, 0.15) is 45.4 Å². The minimum Gasteiger partial charge on any atom is -0.389 e. The lowest BCUT2D eigenvalue weighted by molar-refractivity contribution is -0.127. The van der Waals surface area contributed by atoms with Gasteiger partial charge in [0.15, 0.2) is 5.78 Å². The van der Waals surface area contributed by atoms with E-state index in [1.54, 1.807) is 6.08 Å². The maximum Gasteiger partial charge on any atom is 0.165 e. The molecule has 3 nitrogen and oxygen atoms in total. The van der Waals surface area contributed by atoms with Crippen LogP contribution in [0.4, 0.5) is 0 Å². The minimum absolute atomic E-state index is 0.0261. The van der Waals surface area contributed by atoms with Crippen LogP contribution >= 0.6 is 0 Å². The predicted molar refractivity (Wildman–Crippen MR) is 86.2 cm³/mol. The van der Waals surface area contributed by atoms with E-state index in [2.05, 4.69) is 6.08 Å². The van der Waals surface area contributed by atoms with Gasteiger partial charge in [-0.15, -0.1) is 0 Å². The molecule has 116 valence electrons. The van der Waals surface area contributed by atoms with Gasteiger partial charge in [-0.1, -0.05) is 50.4 Å². The van der Waals surface area contributed by atoms with E-state index in [0.29, 0.717) is 19.2 Å². The predicted octanol–water partition coefficient (Wildman–Crippen LogP) is 2.58. The van der Waals surface area contributed by atoms with Crippen molar-refractivity contribution in [2.45, 2.75) is 64.0 Å². The van der Waals surface area contributed by atoms with Gasteiger partial charge in [-0.05, 0) is 31.6 Å². The van der Waals surface area contributed by atoms with Gasteiger partial charge in [0.05, 0.1) is 14.0 Å². The van der Waals surface area contributed by atoms with Gasteiger partial charge in [-0.3, -0.25) is 4.79 Å². The molecule has 0 heterocycles. The van der Waals surface area contributed by atoms with Crippen LogP contribution in [0.25, 0.3) is 0 Å². The van der Waals surface area contributed by atoms with Crippen molar-refractivity contribution >= 4 is 13.6 Å². The number of rotatable bonds is 9. The molecule has 21 heavy (non-hydrogen) atoms. The molecule has 0 spiro atoms. The Morgan fingerprint density at radius 2 is 2.19 bits per heavy atom. The lowest BCUT2D eigenvalue weighted by Crippen LogP contribution is -2.19. The van der Waals surface area contributed by atoms with Crippen LogP contribution in [0.15, 0.2) is 24.3 Å². The topological polar surface area (TPSA) is 57.5 Å². The zero-order valence-corrected chi connectivity index (χ0v) is 12.9. The molecule has 2 radical (unpaired) electrons. The molecule has 0 aromatic rings. The quantitative estimate of drug-likeness (QED) is 0.390. The smallest absolute Gasteiger partial charge is 0.165 e. The van der Waals surface area contributed by atoms with E-state index in [1.807, 2.05) is 19.1 Å². The molecule has 0 aromatic heterocycles. The molecule has 1 aliphatic rings. The Morgan fingerprint density at radius 1 is 1.43 bits per heavy atom. The van der Waals surface area contributed by atoms with E-state index in [-0.39, 0.29) is 17.6 Å². The molecule has 0 amide bonds. The summed E-state index contributed by atoms with van der Waals surface area (Å²) in [5, 5.41) is 19.5. The standard InChI is InChI=1S/C17H27BO3/c1-2-7-14(19)10-9-13-12-16(20)17(21)15(13)8-5-3-4-6-11-18/h3,5,9-10,13-16,19-20H,2,4,6-8,11-12H2,1H3/b5-3-,10-9+/t13-,14?,15+,16?/m0/s1. The summed E-state index contributed by atoms with van der Waals surface area (Å²) in [5.74, 6) is -0.213. The Bertz CT molecular complexity index is 365. The van der Waals surface area contributed by atoms with Gasteiger partial charge in [0.2, 0.25) is 0 Å². The third-order valence-electron chi connectivity index (χ3n) is 4.00. The highest BCUT2D eigenvalue weighted by molar-refractivity contribution is 6.08. The van der Waals surface area contributed by atoms with Crippen LogP contribution in [-0.2, 0) is 4.79 Å². The monoisotopic (exact) mass is 290 g/mol. The summed E-state index contributed by atoms with van der Waals surface area (Å²) < 4.78 is 0. The van der Waals surface area contributed by atoms with Crippen molar-refractivity contribution in [2.24, 2.45) is 11.8 Å². The Balaban J connectivity index is 2.55. The zero-order valence-electron chi connectivity index (χ0n) is 12.9. The van der Waals surface area contributed by atoms with Crippen molar-refractivity contribution in [1.29, 1.82) is 0 Å². The van der Waals surface area contributed by atoms with Crippen LogP contribution in [0, 0.1) is 11.8 Å². The number of Topliss-reactive ketones (excluding diaryl/α,β-unsaturated/α-hetero) is 1. The fourth-order valence-electron chi connectivity index (χ4n) is 2.76. The summed E-state index contributed by atoms with van der Waals surface area (Å²) in [7, 11) is 5.43. The number of unbranched alkanes of at least 4 members (excludes halogenated alkanes) is 1. The number of hydrogen-bond acceptors (Lipinski definition) is 3. The number of ketones is 1. The number of aliphatic hydroxyl groups excluding tert-OH is 2. The summed E-state index contributed by atoms with van der Waals surface area (Å²) in [6.45, 7) is 2.02. The maximum atomic E-state index is 12.0. The summed E-state index contributed by atoms with van der Waals surface area (Å²) in [6, 6.07) is 0. The molecule has 0 aliphatic heterocycles. The van der Waals surface area contributed by atoms with Gasteiger partial charge in [0.1, 0.15) is 6.10 Å². The molecule has 1 aliphatic carbocycles. The average Bonchev–Trinajstić information content (AvgIpc) is 2.73. The summed E-state index contributed by atoms with van der Waals surface area (Å²) in [5.41, 5.74) is 0. The van der Waals surface area contributed by atoms with Crippen molar-refractivity contribution in [3.05, 3.63) is 24.3 Å². The number of allylic oxidation sites excluding steroid dienone is 3. The number of aliphatic hydroxyl groups is 2. The summed E-state index contributed by atoms with van der Waals surface area (Å²) in [4.78, 5) is 12.0. The molecule has 0 saturated heterocycles. The molecule has 2 N–H and O–H groups in total. The number of hydrogen-bond donors (Lipinski definition) is 2. The van der Waals surface area contributed by atoms with Crippen molar-refractivity contribution in [3.8, 4) is 0 Å². The maximum absolute atomic E-state index is 12.0. The van der Waals surface area contributed by atoms with Gasteiger partial charge >= 0.3 is 0 Å². The zero-order chi connectivity index (χ0) is 15.7. The largest absolute Gasteiger partial charge is 0.389 e. The molecular weight excluding hydrogens is 263 g/mol. The van der Waals surface area contributed by atoms with Gasteiger partial charge in [0, 0.05) is 5.92 Å². The Hall–Kier alpha value is -0.865. The van der Waals surface area contributed by atoms with Crippen LogP contribution < -0.4 is 0 Å². The van der Waals surface area contributed by atoms with Crippen LogP contribution in [0.3, 0.4) is 0 Å². The van der Waals surface area contributed by atoms with Crippen molar-refractivity contribution in [2.75, 3.05) is 0 Å². The number of carbonyl (C=O) groups is 1. The molecule has 4 atom stereocenters. The highest BCUT2D eigenvalue weighted by Gasteiger charge is 2.38. The first-order valence-corrected chi connectivity index (χ1v) is 8.03. The van der Waals surface area contributed by atoms with Crippen LogP contribution in [0.2, 0.25) is 6.32 Å². The lowest BCUT2D eigenvalue weighted by atomic mass is 9.91. The Morgan fingerprint density at radius 3 is 2.86 bits per heavy atom. The Labute approximate surface area is 129 Å². The van der Waals surface area contributed by atoms with E-state index in [1.165, 1.54) is 0 Å². The van der Waals surface area contributed by atoms with Crippen molar-refractivity contribution in [3.63, 3.8) is 0 Å². The summed E-state index contributed by atoms with van der Waals surface area (Å²) in [6.07, 6.45) is 11.7. The molecular formula is C17H27BO3. The van der Waals surface area contributed by atoms with E-state index in [9.17, 15) is 15.0 Å². The highest BCUT2D eigenvalue weighted by atomic mass is 16.3. The highest BCUT2D eigenvalue weighted by Crippen LogP contribution is 2.33. The van der Waals surface area contributed by atoms with Crippen LogP contribution in [-0.4, -0.2) is 36.1 Å². The van der Waals surface area contributed by atoms with E-state index >= 15 is 0 Å². The third kappa shape index (κ3) is 6.19. The Kier molecular flexibility index (Phi) is 8.63. The van der Waals surface area contributed by atoms with Gasteiger partial charge in [0.25, 0.3) is 0 Å². The minimum atomic E-state index is -0.856. The van der Waals surface area contributed by atoms with Crippen molar-refractivity contribution < 1.29 is 15.0 Å². The average molecular weight is 290 g/mol. The van der Waals surface area contributed by atoms with Gasteiger partial charge in [-0.2, -0.15) is 0 Å². The molecule has 1 saturated carbocycles. The molecule has 1 rings (SSSR count). The normalized spacial score (nSPS) is 28.0. The molecule has 0 bridgehead atoms. The SMILES string of the molecule is [B]CCC/C=C\C[C@H]1C(=O)C(O)C[C@@H]1/C=C/C(O)CCC. The molecule has 2 unspecified atom stereocenters. The molecule has 0 aromatic carbocycles. The van der Waals surface area contributed by atoms with Crippen molar-refractivity contribution in [1.82, 2.24) is 0 Å². The fraction of sp³-hybridized carbons (Fsp3) is 0.706. The third-order valence-corrected chi connectivity index (χ3v) is 4.00. The first kappa shape index (κ1) is 18.2. The number of carbonyl (C=O) groups excluding carboxylic acids is 1. The lowest BCUT2D eigenvalue weighted by Gasteiger charge is -2.13. The van der Waals surface area contributed by atoms with E-state index in [4.69, 9.17) is 7.85 Å². The van der Waals surface area contributed by atoms with E-state index in [0.717, 1.165) is 25.7 Å². The molecule has 4 heteroatoms. The van der Waals surface area contributed by atoms with Crippen LogP contribution in [0.5, 0.6) is 0 Å². The first-order valence-electron chi connectivity index (χ1n) is 8.03. The summed E-state index contributed by atoms with van der Waals surface area (Å²) >= 11 is 0. The second-order valence-corrected chi connectivity index (χ2v) is 5.80. The second-order valence-electron chi connectivity index (χ2n) is 5.80. The van der Waals surface area contributed by atoms with Gasteiger partial charge in [-0.25, -0.2) is 0 Å². The second kappa shape index (κ2) is 9.96. The van der Waals surface area contributed by atoms with Gasteiger partial charge < -0.3 is 10.2 Å². The molecule has 1 fully saturated rings. The fourth-order valence-corrected chi connectivity index (χ4v) is 2.76. The first-order chi connectivity index (χ1) is 10.1. The van der Waals surface area contributed by atoms with E-state index < -0.39 is 12.2 Å².